The van der Waals surface area contributed by atoms with E-state index in [1.54, 1.807) is 0 Å². The van der Waals surface area contributed by atoms with Gasteiger partial charge >= 0.3 is 0 Å². The fourth-order valence-electron chi connectivity index (χ4n) is 1.37. The van der Waals surface area contributed by atoms with Crippen molar-refractivity contribution in [2.24, 2.45) is 0 Å². The minimum Gasteiger partial charge on any atom is -0.374 e. The van der Waals surface area contributed by atoms with Crippen LogP contribution in [0.25, 0.3) is 0 Å². The molecule has 0 saturated carbocycles. The molecular weight excluding hydrogens is 296 g/mol. The molecule has 100 valence electrons. The lowest BCUT2D eigenvalue weighted by molar-refractivity contribution is -0.113. The molecule has 1 aromatic rings. The van der Waals surface area contributed by atoms with Gasteiger partial charge in [-0.3, -0.25) is 4.79 Å². The Morgan fingerprint density at radius 1 is 1.44 bits per heavy atom. The van der Waals surface area contributed by atoms with Crippen molar-refractivity contribution >= 4 is 46.4 Å². The first-order valence-electron chi connectivity index (χ1n) is 5.34. The Morgan fingerprint density at radius 2 is 2.17 bits per heavy atom. The van der Waals surface area contributed by atoms with Gasteiger partial charge in [0.1, 0.15) is 10.7 Å². The van der Waals surface area contributed by atoms with Crippen molar-refractivity contribution in [1.29, 1.82) is 0 Å². The molecule has 0 heterocycles. The van der Waals surface area contributed by atoms with Gasteiger partial charge in [-0.25, -0.2) is 0 Å². The van der Waals surface area contributed by atoms with Crippen molar-refractivity contribution in [2.75, 3.05) is 17.8 Å². The number of carbonyl (C=O) groups excluding carboxylic acids is 1. The molecule has 1 aromatic carbocycles. The van der Waals surface area contributed by atoms with Crippen molar-refractivity contribution in [1.82, 2.24) is 0 Å². The highest BCUT2D eigenvalue weighted by Gasteiger charge is 2.07. The highest BCUT2D eigenvalue weighted by molar-refractivity contribution is 6.44. The lowest BCUT2D eigenvalue weighted by Crippen LogP contribution is -2.14. The summed E-state index contributed by atoms with van der Waals surface area (Å²) in [5.41, 5.74) is 2.59. The molecule has 0 fully saturated rings. The number of halogens is 3. The Hall–Kier alpha value is -0.480. The molecule has 0 aliphatic heterocycles. The van der Waals surface area contributed by atoms with Crippen LogP contribution in [-0.4, -0.2) is 23.2 Å². The minimum absolute atomic E-state index is 0.0837. The minimum atomic E-state index is -0.559. The molecule has 6 heteroatoms. The van der Waals surface area contributed by atoms with E-state index in [4.69, 9.17) is 39.5 Å². The topological polar surface area (TPSA) is 38.3 Å². The quantitative estimate of drug-likeness (QED) is 0.817. The summed E-state index contributed by atoms with van der Waals surface area (Å²) in [4.78, 5) is 10.7. The maximum Gasteiger partial charge on any atom is 0.239 e. The van der Waals surface area contributed by atoms with Gasteiger partial charge < -0.3 is 10.1 Å². The summed E-state index contributed by atoms with van der Waals surface area (Å²) < 4.78 is 5.33. The summed E-state index contributed by atoms with van der Waals surface area (Å²) in [7, 11) is 0. The molecule has 3 nitrogen and oxygen atoms in total. The van der Waals surface area contributed by atoms with Crippen molar-refractivity contribution < 1.29 is 9.53 Å². The van der Waals surface area contributed by atoms with Gasteiger partial charge in [0.15, 0.2) is 0 Å². The van der Waals surface area contributed by atoms with Gasteiger partial charge in [-0.1, -0.05) is 12.1 Å². The number of benzene rings is 1. The van der Waals surface area contributed by atoms with E-state index in [1.807, 2.05) is 25.1 Å². The summed E-state index contributed by atoms with van der Waals surface area (Å²) in [6.45, 7) is 2.50. The number of aryl methyl sites for hydroxylation is 1. The molecule has 0 bridgehead atoms. The second kappa shape index (κ2) is 7.85. The molecule has 0 spiro atoms. The number of nitrogens with one attached hydrogen (secondary N) is 1. The van der Waals surface area contributed by atoms with E-state index in [0.717, 1.165) is 11.1 Å². The van der Waals surface area contributed by atoms with Gasteiger partial charge in [-0.2, -0.15) is 0 Å². The molecular formula is C12H14Cl3NO2. The number of amides is 1. The summed E-state index contributed by atoms with van der Waals surface area (Å²) >= 11 is 16.6. The Morgan fingerprint density at radius 3 is 2.78 bits per heavy atom. The normalized spacial score (nSPS) is 10.7. The van der Waals surface area contributed by atoms with E-state index in [-0.39, 0.29) is 18.4 Å². The molecule has 0 aromatic heterocycles. The van der Waals surface area contributed by atoms with Crippen LogP contribution in [0.4, 0.5) is 5.69 Å². The first kappa shape index (κ1) is 15.6. The molecule has 1 N–H and O–H groups in total. The van der Waals surface area contributed by atoms with E-state index in [0.29, 0.717) is 12.3 Å². The number of ether oxygens (including phenoxy) is 1. The fourth-order valence-corrected chi connectivity index (χ4v) is 1.62. The standard InChI is InChI=1S/C12H14Cl3NO2/c1-8-2-3-9(6-18-7-11(14)15)10(4-8)16-12(17)5-13/h2-4,11H,5-7H2,1H3,(H,16,17). The van der Waals surface area contributed by atoms with Crippen LogP contribution in [0.1, 0.15) is 11.1 Å². The maximum atomic E-state index is 11.3. The van der Waals surface area contributed by atoms with Gasteiger partial charge in [0.2, 0.25) is 5.91 Å². The van der Waals surface area contributed by atoms with Crippen molar-refractivity contribution in [3.05, 3.63) is 29.3 Å². The molecule has 1 amide bonds. The first-order chi connectivity index (χ1) is 8.52. The van der Waals surface area contributed by atoms with Gasteiger partial charge in [0.25, 0.3) is 0 Å². The molecule has 0 saturated heterocycles. The fraction of sp³-hybridized carbons (Fsp3) is 0.417. The summed E-state index contributed by atoms with van der Waals surface area (Å²) in [6, 6.07) is 5.69. The zero-order chi connectivity index (χ0) is 13.5. The Balaban J connectivity index is 2.73. The second-order valence-electron chi connectivity index (χ2n) is 3.75. The maximum absolute atomic E-state index is 11.3. The van der Waals surface area contributed by atoms with Gasteiger partial charge in [-0.05, 0) is 18.6 Å². The average Bonchev–Trinajstić information content (AvgIpc) is 2.31. The van der Waals surface area contributed by atoms with Crippen LogP contribution in [-0.2, 0) is 16.1 Å². The number of anilines is 1. The SMILES string of the molecule is Cc1ccc(COCC(Cl)Cl)c(NC(=O)CCl)c1. The Bertz CT molecular complexity index is 410. The molecule has 0 atom stereocenters. The van der Waals surface area contributed by atoms with E-state index < -0.39 is 4.84 Å². The van der Waals surface area contributed by atoms with Gasteiger partial charge in [-0.15, -0.1) is 34.8 Å². The van der Waals surface area contributed by atoms with E-state index in [9.17, 15) is 4.79 Å². The van der Waals surface area contributed by atoms with E-state index in [2.05, 4.69) is 5.32 Å². The zero-order valence-corrected chi connectivity index (χ0v) is 12.1. The number of carbonyl (C=O) groups is 1. The highest BCUT2D eigenvalue weighted by Crippen LogP contribution is 2.19. The average molecular weight is 311 g/mol. The Labute approximate surface area is 121 Å². The van der Waals surface area contributed by atoms with Crippen LogP contribution < -0.4 is 5.32 Å². The number of hydrogen-bond acceptors (Lipinski definition) is 2. The van der Waals surface area contributed by atoms with Gasteiger partial charge in [0, 0.05) is 11.3 Å². The number of rotatable bonds is 6. The third-order valence-corrected chi connectivity index (χ3v) is 2.66. The smallest absolute Gasteiger partial charge is 0.239 e. The molecule has 0 aliphatic carbocycles. The largest absolute Gasteiger partial charge is 0.374 e. The van der Waals surface area contributed by atoms with Crippen LogP contribution in [0.5, 0.6) is 0 Å². The van der Waals surface area contributed by atoms with E-state index >= 15 is 0 Å². The van der Waals surface area contributed by atoms with Crippen molar-refractivity contribution in [3.8, 4) is 0 Å². The molecule has 1 rings (SSSR count). The van der Waals surface area contributed by atoms with Crippen molar-refractivity contribution in [3.63, 3.8) is 0 Å². The predicted octanol–water partition coefficient (Wildman–Crippen LogP) is 3.49. The Kier molecular flexibility index (Phi) is 6.79. The van der Waals surface area contributed by atoms with E-state index in [1.165, 1.54) is 0 Å². The highest BCUT2D eigenvalue weighted by atomic mass is 35.5. The third-order valence-electron chi connectivity index (χ3n) is 2.16. The first-order valence-corrected chi connectivity index (χ1v) is 6.75. The van der Waals surface area contributed by atoms with Gasteiger partial charge in [0.05, 0.1) is 13.2 Å². The monoisotopic (exact) mass is 309 g/mol. The lowest BCUT2D eigenvalue weighted by Gasteiger charge is -2.12. The van der Waals surface area contributed by atoms with Crippen LogP contribution in [0.15, 0.2) is 18.2 Å². The van der Waals surface area contributed by atoms with Crippen LogP contribution in [0.2, 0.25) is 0 Å². The predicted molar refractivity (Wildman–Crippen MR) is 75.7 cm³/mol. The number of hydrogen-bond donors (Lipinski definition) is 1. The summed E-state index contributed by atoms with van der Waals surface area (Å²) in [5, 5.41) is 2.72. The van der Waals surface area contributed by atoms with Crippen LogP contribution in [0.3, 0.4) is 0 Å². The summed E-state index contributed by atoms with van der Waals surface area (Å²) in [6.07, 6.45) is 0. The molecule has 0 radical (unpaired) electrons. The molecule has 0 unspecified atom stereocenters. The van der Waals surface area contributed by atoms with Crippen LogP contribution in [0, 0.1) is 6.92 Å². The molecule has 18 heavy (non-hydrogen) atoms. The summed E-state index contributed by atoms with van der Waals surface area (Å²) in [5.74, 6) is -0.337. The third kappa shape index (κ3) is 5.44. The van der Waals surface area contributed by atoms with Crippen LogP contribution >= 0.6 is 34.8 Å². The number of alkyl halides is 3. The lowest BCUT2D eigenvalue weighted by atomic mass is 10.1. The molecule has 0 aliphatic rings. The zero-order valence-electron chi connectivity index (χ0n) is 9.88. The second-order valence-corrected chi connectivity index (χ2v) is 5.29. The van der Waals surface area contributed by atoms with Crippen molar-refractivity contribution in [2.45, 2.75) is 18.4 Å².